The van der Waals surface area contributed by atoms with Gasteiger partial charge in [-0.15, -0.1) is 0 Å². The second kappa shape index (κ2) is 6.48. The van der Waals surface area contributed by atoms with E-state index in [2.05, 4.69) is 39.4 Å². The van der Waals surface area contributed by atoms with E-state index in [0.717, 1.165) is 22.0 Å². The Morgan fingerprint density at radius 3 is 2.88 bits per heavy atom. The quantitative estimate of drug-likeness (QED) is 0.596. The number of hydrogen-bond donors (Lipinski definition) is 2. The minimum absolute atomic E-state index is 0.145. The van der Waals surface area contributed by atoms with Gasteiger partial charge >= 0.3 is 0 Å². The zero-order chi connectivity index (χ0) is 18.1. The van der Waals surface area contributed by atoms with Gasteiger partial charge in [0.2, 0.25) is 0 Å². The van der Waals surface area contributed by atoms with Crippen molar-refractivity contribution in [2.45, 2.75) is 20.4 Å². The van der Waals surface area contributed by atoms with Crippen molar-refractivity contribution >= 4 is 16.8 Å². The molecule has 26 heavy (non-hydrogen) atoms. The van der Waals surface area contributed by atoms with Crippen LogP contribution in [0.3, 0.4) is 0 Å². The van der Waals surface area contributed by atoms with E-state index in [9.17, 15) is 4.79 Å². The predicted molar refractivity (Wildman–Crippen MR) is 100 cm³/mol. The van der Waals surface area contributed by atoms with E-state index in [1.54, 1.807) is 17.1 Å². The van der Waals surface area contributed by atoms with Crippen molar-refractivity contribution in [3.05, 3.63) is 77.4 Å². The van der Waals surface area contributed by atoms with Crippen LogP contribution in [0.4, 0.5) is 0 Å². The topological polar surface area (TPSA) is 75.6 Å². The van der Waals surface area contributed by atoms with Gasteiger partial charge in [-0.05, 0) is 49.2 Å². The smallest absolute Gasteiger partial charge is 0.267 e. The van der Waals surface area contributed by atoms with Gasteiger partial charge in [0.1, 0.15) is 5.69 Å². The lowest BCUT2D eigenvalue weighted by atomic mass is 10.1. The molecule has 0 aliphatic carbocycles. The second-order valence-corrected chi connectivity index (χ2v) is 6.35. The number of aromatic nitrogens is 4. The predicted octanol–water partition coefficient (Wildman–Crippen LogP) is 3.30. The van der Waals surface area contributed by atoms with Crippen molar-refractivity contribution in [2.24, 2.45) is 0 Å². The Labute approximate surface area is 150 Å². The highest BCUT2D eigenvalue weighted by Crippen LogP contribution is 2.21. The summed E-state index contributed by atoms with van der Waals surface area (Å²) in [5.74, 6) is 0.564. The zero-order valence-electron chi connectivity index (χ0n) is 14.7. The van der Waals surface area contributed by atoms with Gasteiger partial charge in [0.05, 0.1) is 0 Å². The van der Waals surface area contributed by atoms with E-state index < -0.39 is 0 Å². The molecule has 0 saturated heterocycles. The third-order valence-corrected chi connectivity index (χ3v) is 4.36. The Hall–Kier alpha value is -3.41. The fourth-order valence-electron chi connectivity index (χ4n) is 3.16. The third kappa shape index (κ3) is 2.97. The highest BCUT2D eigenvalue weighted by atomic mass is 16.1. The molecule has 3 heterocycles. The summed E-state index contributed by atoms with van der Waals surface area (Å²) in [6.07, 6.45) is 5.24. The SMILES string of the molecule is Cc1cc(C)c2cc(C(=O)NCc3cccnc3-n3cccn3)[nH]c2c1. The van der Waals surface area contributed by atoms with Crippen LogP contribution in [0, 0.1) is 13.8 Å². The van der Waals surface area contributed by atoms with Gasteiger partial charge < -0.3 is 10.3 Å². The Bertz CT molecular complexity index is 1080. The van der Waals surface area contributed by atoms with Crippen LogP contribution >= 0.6 is 0 Å². The molecule has 0 unspecified atom stereocenters. The van der Waals surface area contributed by atoms with Crippen LogP contribution in [0.25, 0.3) is 16.7 Å². The normalized spacial score (nSPS) is 11.0. The Morgan fingerprint density at radius 2 is 2.08 bits per heavy atom. The number of aryl methyl sites for hydroxylation is 2. The fourth-order valence-corrected chi connectivity index (χ4v) is 3.16. The summed E-state index contributed by atoms with van der Waals surface area (Å²) in [7, 11) is 0. The summed E-state index contributed by atoms with van der Waals surface area (Å²) in [5.41, 5.74) is 4.75. The van der Waals surface area contributed by atoms with Gasteiger partial charge in [0.15, 0.2) is 5.82 Å². The minimum Gasteiger partial charge on any atom is -0.351 e. The number of carbonyl (C=O) groups excluding carboxylic acids is 1. The number of nitrogens with one attached hydrogen (secondary N) is 2. The van der Waals surface area contributed by atoms with Crippen LogP contribution in [0.1, 0.15) is 27.2 Å². The van der Waals surface area contributed by atoms with Crippen LogP contribution in [-0.4, -0.2) is 25.7 Å². The van der Waals surface area contributed by atoms with E-state index >= 15 is 0 Å². The summed E-state index contributed by atoms with van der Waals surface area (Å²) in [6, 6.07) is 11.7. The maximum Gasteiger partial charge on any atom is 0.267 e. The first kappa shape index (κ1) is 16.1. The van der Waals surface area contributed by atoms with E-state index in [0.29, 0.717) is 18.1 Å². The molecule has 1 aromatic carbocycles. The average Bonchev–Trinajstić information content (AvgIpc) is 3.29. The summed E-state index contributed by atoms with van der Waals surface area (Å²) in [4.78, 5) is 20.2. The maximum absolute atomic E-state index is 12.6. The number of H-pyrrole nitrogens is 1. The van der Waals surface area contributed by atoms with Crippen LogP contribution < -0.4 is 5.32 Å². The number of rotatable bonds is 4. The molecule has 3 aromatic heterocycles. The molecular formula is C20H19N5O. The van der Waals surface area contributed by atoms with Gasteiger partial charge in [-0.1, -0.05) is 12.1 Å². The lowest BCUT2D eigenvalue weighted by molar-refractivity contribution is 0.0946. The lowest BCUT2D eigenvalue weighted by Crippen LogP contribution is -2.24. The third-order valence-electron chi connectivity index (χ3n) is 4.36. The van der Waals surface area contributed by atoms with Crippen molar-refractivity contribution in [3.63, 3.8) is 0 Å². The van der Waals surface area contributed by atoms with E-state index in [4.69, 9.17) is 0 Å². The molecule has 0 bridgehead atoms. The van der Waals surface area contributed by atoms with E-state index in [1.165, 1.54) is 5.56 Å². The van der Waals surface area contributed by atoms with Crippen molar-refractivity contribution < 1.29 is 4.79 Å². The zero-order valence-corrected chi connectivity index (χ0v) is 14.7. The van der Waals surface area contributed by atoms with Gasteiger partial charge in [0, 0.05) is 41.6 Å². The number of fused-ring (bicyclic) bond motifs is 1. The Morgan fingerprint density at radius 1 is 1.19 bits per heavy atom. The monoisotopic (exact) mass is 345 g/mol. The van der Waals surface area contributed by atoms with E-state index in [1.807, 2.05) is 37.4 Å². The van der Waals surface area contributed by atoms with Gasteiger partial charge in [-0.2, -0.15) is 5.10 Å². The molecular weight excluding hydrogens is 326 g/mol. The fraction of sp³-hybridized carbons (Fsp3) is 0.150. The first-order valence-corrected chi connectivity index (χ1v) is 8.44. The van der Waals surface area contributed by atoms with Crippen LogP contribution in [0.15, 0.2) is 55.0 Å². The van der Waals surface area contributed by atoms with Gasteiger partial charge in [0.25, 0.3) is 5.91 Å². The molecule has 6 heteroatoms. The molecule has 6 nitrogen and oxygen atoms in total. The van der Waals surface area contributed by atoms with Crippen LogP contribution in [0.5, 0.6) is 0 Å². The molecule has 0 fully saturated rings. The highest BCUT2D eigenvalue weighted by molar-refractivity contribution is 5.99. The summed E-state index contributed by atoms with van der Waals surface area (Å²) in [5, 5.41) is 8.24. The highest BCUT2D eigenvalue weighted by Gasteiger charge is 2.12. The molecule has 0 spiro atoms. The minimum atomic E-state index is -0.145. The number of benzene rings is 1. The van der Waals surface area contributed by atoms with Crippen LogP contribution in [-0.2, 0) is 6.54 Å². The number of pyridine rings is 1. The first-order valence-electron chi connectivity index (χ1n) is 8.44. The maximum atomic E-state index is 12.6. The van der Waals surface area contributed by atoms with Crippen LogP contribution in [0.2, 0.25) is 0 Å². The van der Waals surface area contributed by atoms with Crippen molar-refractivity contribution in [3.8, 4) is 5.82 Å². The summed E-state index contributed by atoms with van der Waals surface area (Å²) < 4.78 is 1.69. The molecule has 130 valence electrons. The van der Waals surface area contributed by atoms with Crippen molar-refractivity contribution in [2.75, 3.05) is 0 Å². The van der Waals surface area contributed by atoms with Crippen molar-refractivity contribution in [1.82, 2.24) is 25.1 Å². The molecule has 0 aliphatic rings. The van der Waals surface area contributed by atoms with E-state index in [-0.39, 0.29) is 5.91 Å². The standard InChI is InChI=1S/C20H19N5O/c1-13-9-14(2)16-11-18(24-17(16)10-13)20(26)22-12-15-5-3-6-21-19(15)25-8-4-7-23-25/h3-11,24H,12H2,1-2H3,(H,22,26). The molecule has 0 aliphatic heterocycles. The molecule has 4 rings (SSSR count). The number of aromatic amines is 1. The lowest BCUT2D eigenvalue weighted by Gasteiger charge is -2.09. The number of nitrogens with zero attached hydrogens (tertiary/aromatic N) is 3. The van der Waals surface area contributed by atoms with Gasteiger partial charge in [-0.25, -0.2) is 9.67 Å². The summed E-state index contributed by atoms with van der Waals surface area (Å²) in [6.45, 7) is 4.47. The number of carbonyl (C=O) groups is 1. The largest absolute Gasteiger partial charge is 0.351 e. The van der Waals surface area contributed by atoms with Crippen molar-refractivity contribution in [1.29, 1.82) is 0 Å². The first-order chi connectivity index (χ1) is 12.6. The molecule has 0 saturated carbocycles. The molecule has 0 radical (unpaired) electrons. The number of hydrogen-bond acceptors (Lipinski definition) is 3. The Kier molecular flexibility index (Phi) is 4.01. The number of amides is 1. The Balaban J connectivity index is 1.56. The second-order valence-electron chi connectivity index (χ2n) is 6.35. The molecule has 1 amide bonds. The van der Waals surface area contributed by atoms with Gasteiger partial charge in [-0.3, -0.25) is 4.79 Å². The summed E-state index contributed by atoms with van der Waals surface area (Å²) >= 11 is 0. The molecule has 2 N–H and O–H groups in total. The average molecular weight is 345 g/mol. The molecule has 0 atom stereocenters. The molecule has 4 aromatic rings.